The Balaban J connectivity index is 1.47. The summed E-state index contributed by atoms with van der Waals surface area (Å²) in [5.74, 6) is 0.504. The van der Waals surface area contributed by atoms with Crippen LogP contribution in [0.1, 0.15) is 10.4 Å². The molecule has 0 radical (unpaired) electrons. The fourth-order valence-corrected chi connectivity index (χ4v) is 3.35. The molecular formula is C21H14ClN5O2. The summed E-state index contributed by atoms with van der Waals surface area (Å²) in [6, 6.07) is 17.1. The number of hydrogen-bond donors (Lipinski definition) is 4. The molecule has 5 rings (SSSR count). The van der Waals surface area contributed by atoms with Gasteiger partial charge in [0.2, 0.25) is 0 Å². The Bertz CT molecular complexity index is 1370. The third-order valence-corrected chi connectivity index (χ3v) is 4.85. The van der Waals surface area contributed by atoms with E-state index >= 15 is 0 Å². The highest BCUT2D eigenvalue weighted by Gasteiger charge is 2.15. The molecule has 0 fully saturated rings. The van der Waals surface area contributed by atoms with Crippen molar-refractivity contribution in [2.24, 2.45) is 0 Å². The van der Waals surface area contributed by atoms with E-state index in [-0.39, 0.29) is 11.7 Å². The number of rotatable bonds is 3. The number of benzene rings is 3. The highest BCUT2D eigenvalue weighted by atomic mass is 35.5. The van der Waals surface area contributed by atoms with Gasteiger partial charge in [0.25, 0.3) is 5.91 Å². The van der Waals surface area contributed by atoms with E-state index in [4.69, 9.17) is 11.6 Å². The number of carbonyl (C=O) groups is 1. The van der Waals surface area contributed by atoms with Crippen molar-refractivity contribution in [3.05, 3.63) is 71.2 Å². The second-order valence-electron chi connectivity index (χ2n) is 6.58. The molecule has 2 heterocycles. The van der Waals surface area contributed by atoms with Crippen LogP contribution in [0.5, 0.6) is 5.75 Å². The standard InChI is InChI=1S/C21H14ClN5O2/c22-12-2-8-16-18(10-12)25-20(24-16)19-15-7-1-11(9-17(15)26-27-19)21(29)23-13-3-5-14(28)6-4-13/h1-10,28H,(H,23,29)(H,24,25)(H,26,27). The van der Waals surface area contributed by atoms with E-state index < -0.39 is 0 Å². The van der Waals surface area contributed by atoms with Gasteiger partial charge in [-0.3, -0.25) is 9.89 Å². The number of imidazole rings is 1. The molecule has 0 saturated heterocycles. The summed E-state index contributed by atoms with van der Waals surface area (Å²) in [6.45, 7) is 0. The van der Waals surface area contributed by atoms with E-state index in [2.05, 4.69) is 25.5 Å². The van der Waals surface area contributed by atoms with Crippen molar-refractivity contribution in [2.45, 2.75) is 0 Å². The van der Waals surface area contributed by atoms with Gasteiger partial charge < -0.3 is 15.4 Å². The van der Waals surface area contributed by atoms with Gasteiger partial charge in [-0.05, 0) is 60.7 Å². The van der Waals surface area contributed by atoms with Gasteiger partial charge in [0.15, 0.2) is 5.82 Å². The lowest BCUT2D eigenvalue weighted by atomic mass is 10.1. The van der Waals surface area contributed by atoms with Crippen molar-refractivity contribution in [3.8, 4) is 17.3 Å². The second kappa shape index (κ2) is 6.65. The molecule has 4 N–H and O–H groups in total. The number of anilines is 1. The molecule has 0 aliphatic carbocycles. The van der Waals surface area contributed by atoms with Gasteiger partial charge in [-0.15, -0.1) is 0 Å². The van der Waals surface area contributed by atoms with E-state index in [1.165, 1.54) is 12.1 Å². The zero-order valence-electron chi connectivity index (χ0n) is 14.9. The molecule has 3 aromatic carbocycles. The van der Waals surface area contributed by atoms with E-state index in [1.54, 1.807) is 36.4 Å². The first-order valence-electron chi connectivity index (χ1n) is 8.81. The molecule has 0 unspecified atom stereocenters. The molecular weight excluding hydrogens is 390 g/mol. The molecule has 0 aliphatic rings. The molecule has 29 heavy (non-hydrogen) atoms. The van der Waals surface area contributed by atoms with Crippen molar-refractivity contribution in [2.75, 3.05) is 5.32 Å². The SMILES string of the molecule is O=C(Nc1ccc(O)cc1)c1ccc2c(-c3nc4cc(Cl)ccc4[nH]3)n[nH]c2c1. The minimum Gasteiger partial charge on any atom is -0.508 e. The highest BCUT2D eigenvalue weighted by molar-refractivity contribution is 6.31. The van der Waals surface area contributed by atoms with Crippen LogP contribution in [0.3, 0.4) is 0 Å². The van der Waals surface area contributed by atoms with E-state index in [9.17, 15) is 9.90 Å². The monoisotopic (exact) mass is 403 g/mol. The molecule has 0 bridgehead atoms. The maximum Gasteiger partial charge on any atom is 0.255 e. The minimum absolute atomic E-state index is 0.141. The summed E-state index contributed by atoms with van der Waals surface area (Å²) in [6.07, 6.45) is 0. The zero-order valence-corrected chi connectivity index (χ0v) is 15.7. The van der Waals surface area contributed by atoms with E-state index in [0.29, 0.717) is 27.8 Å². The summed E-state index contributed by atoms with van der Waals surface area (Å²) in [5, 5.41) is 20.9. The maximum absolute atomic E-state index is 12.5. The van der Waals surface area contributed by atoms with Gasteiger partial charge in [0, 0.05) is 21.7 Å². The van der Waals surface area contributed by atoms with Crippen molar-refractivity contribution in [3.63, 3.8) is 0 Å². The number of aromatic amines is 2. The number of amides is 1. The Morgan fingerprint density at radius 2 is 1.83 bits per heavy atom. The van der Waals surface area contributed by atoms with Crippen LogP contribution < -0.4 is 5.32 Å². The molecule has 0 aliphatic heterocycles. The number of nitrogens with one attached hydrogen (secondary N) is 3. The quantitative estimate of drug-likeness (QED) is 0.327. The summed E-state index contributed by atoms with van der Waals surface area (Å²) in [7, 11) is 0. The Morgan fingerprint density at radius 1 is 1.00 bits per heavy atom. The van der Waals surface area contributed by atoms with E-state index in [0.717, 1.165) is 21.9 Å². The lowest BCUT2D eigenvalue weighted by molar-refractivity contribution is 0.102. The molecule has 7 nitrogen and oxygen atoms in total. The van der Waals surface area contributed by atoms with Crippen LogP contribution in [0.2, 0.25) is 5.02 Å². The summed E-state index contributed by atoms with van der Waals surface area (Å²) < 4.78 is 0. The van der Waals surface area contributed by atoms with Crippen molar-refractivity contribution in [1.82, 2.24) is 20.2 Å². The Labute approximate surface area is 169 Å². The molecule has 0 atom stereocenters. The molecule has 5 aromatic rings. The predicted molar refractivity (Wildman–Crippen MR) is 112 cm³/mol. The first kappa shape index (κ1) is 17.3. The number of aromatic hydroxyl groups is 1. The Morgan fingerprint density at radius 3 is 2.66 bits per heavy atom. The number of halogens is 1. The number of nitrogens with zero attached hydrogens (tertiary/aromatic N) is 2. The van der Waals surface area contributed by atoms with Gasteiger partial charge in [-0.25, -0.2) is 4.98 Å². The zero-order chi connectivity index (χ0) is 20.0. The van der Waals surface area contributed by atoms with Crippen LogP contribution in [0, 0.1) is 0 Å². The predicted octanol–water partition coefficient (Wildman–Crippen LogP) is 4.72. The number of fused-ring (bicyclic) bond motifs is 2. The largest absolute Gasteiger partial charge is 0.508 e. The minimum atomic E-state index is -0.257. The Kier molecular flexibility index (Phi) is 3.96. The van der Waals surface area contributed by atoms with Crippen LogP contribution in [-0.2, 0) is 0 Å². The number of phenols is 1. The summed E-state index contributed by atoms with van der Waals surface area (Å²) >= 11 is 6.03. The number of H-pyrrole nitrogens is 2. The van der Waals surface area contributed by atoms with Crippen LogP contribution in [-0.4, -0.2) is 31.2 Å². The van der Waals surface area contributed by atoms with Crippen LogP contribution in [0.25, 0.3) is 33.5 Å². The highest BCUT2D eigenvalue weighted by Crippen LogP contribution is 2.28. The molecule has 2 aromatic heterocycles. The Hall–Kier alpha value is -3.84. The van der Waals surface area contributed by atoms with Gasteiger partial charge >= 0.3 is 0 Å². The third-order valence-electron chi connectivity index (χ3n) is 4.62. The summed E-state index contributed by atoms with van der Waals surface area (Å²) in [4.78, 5) is 20.3. The van der Waals surface area contributed by atoms with Crippen LogP contribution in [0.4, 0.5) is 5.69 Å². The molecule has 8 heteroatoms. The average Bonchev–Trinajstić information content (AvgIpc) is 3.32. The van der Waals surface area contributed by atoms with Gasteiger partial charge in [-0.2, -0.15) is 5.10 Å². The number of phenolic OH excluding ortho intramolecular Hbond substituents is 1. The summed E-state index contributed by atoms with van der Waals surface area (Å²) in [5.41, 5.74) is 4.09. The lowest BCUT2D eigenvalue weighted by Crippen LogP contribution is -2.11. The fourth-order valence-electron chi connectivity index (χ4n) is 3.18. The van der Waals surface area contributed by atoms with Crippen molar-refractivity contribution >= 4 is 45.1 Å². The number of aromatic nitrogens is 4. The lowest BCUT2D eigenvalue weighted by Gasteiger charge is -2.05. The van der Waals surface area contributed by atoms with E-state index in [1.807, 2.05) is 12.1 Å². The van der Waals surface area contributed by atoms with Crippen LogP contribution in [0.15, 0.2) is 60.7 Å². The normalized spacial score (nSPS) is 11.2. The first-order valence-corrected chi connectivity index (χ1v) is 9.19. The molecule has 142 valence electrons. The molecule has 0 spiro atoms. The third kappa shape index (κ3) is 3.17. The number of carbonyl (C=O) groups excluding carboxylic acids is 1. The van der Waals surface area contributed by atoms with Gasteiger partial charge in [0.1, 0.15) is 11.4 Å². The topological polar surface area (TPSA) is 107 Å². The smallest absolute Gasteiger partial charge is 0.255 e. The maximum atomic E-state index is 12.5. The van der Waals surface area contributed by atoms with Crippen LogP contribution >= 0.6 is 11.6 Å². The van der Waals surface area contributed by atoms with Crippen molar-refractivity contribution in [1.29, 1.82) is 0 Å². The first-order chi connectivity index (χ1) is 14.1. The fraction of sp³-hybridized carbons (Fsp3) is 0. The van der Waals surface area contributed by atoms with Gasteiger partial charge in [-0.1, -0.05) is 11.6 Å². The number of hydrogen-bond acceptors (Lipinski definition) is 4. The van der Waals surface area contributed by atoms with Gasteiger partial charge in [0.05, 0.1) is 16.6 Å². The van der Waals surface area contributed by atoms with Crippen molar-refractivity contribution < 1.29 is 9.90 Å². The molecule has 1 amide bonds. The average molecular weight is 404 g/mol. The molecule has 0 saturated carbocycles. The second-order valence-corrected chi connectivity index (χ2v) is 7.02.